The lowest BCUT2D eigenvalue weighted by Crippen LogP contribution is -2.13. The van der Waals surface area contributed by atoms with Crippen LogP contribution in [0.2, 0.25) is 0 Å². The van der Waals surface area contributed by atoms with E-state index < -0.39 is 0 Å². The zero-order valence-corrected chi connectivity index (χ0v) is 12.5. The minimum atomic E-state index is 0.0898. The summed E-state index contributed by atoms with van der Waals surface area (Å²) >= 11 is 0. The summed E-state index contributed by atoms with van der Waals surface area (Å²) in [4.78, 5) is 2.17. The Labute approximate surface area is 115 Å². The molecule has 102 valence electrons. The summed E-state index contributed by atoms with van der Waals surface area (Å²) in [6.45, 7) is 7.49. The predicted molar refractivity (Wildman–Crippen MR) is 79.7 cm³/mol. The van der Waals surface area contributed by atoms with Gasteiger partial charge in [0.2, 0.25) is 0 Å². The van der Waals surface area contributed by atoms with Gasteiger partial charge in [-0.1, -0.05) is 32.9 Å². The van der Waals surface area contributed by atoms with Crippen LogP contribution in [-0.4, -0.2) is 28.8 Å². The van der Waals surface area contributed by atoms with Crippen molar-refractivity contribution in [1.82, 2.24) is 14.7 Å². The maximum atomic E-state index is 4.68. The Morgan fingerprint density at radius 2 is 1.89 bits per heavy atom. The molecule has 0 saturated heterocycles. The molecule has 0 bridgehead atoms. The highest BCUT2D eigenvalue weighted by atomic mass is 15.3. The van der Waals surface area contributed by atoms with Crippen LogP contribution in [0, 0.1) is 0 Å². The Hall–Kier alpha value is -1.61. The second kappa shape index (κ2) is 5.17. The van der Waals surface area contributed by atoms with Crippen molar-refractivity contribution in [2.45, 2.75) is 32.7 Å². The fraction of sp³-hybridized carbons (Fsp3) is 0.438. The van der Waals surface area contributed by atoms with Gasteiger partial charge in [0.1, 0.15) is 0 Å². The summed E-state index contributed by atoms with van der Waals surface area (Å²) in [5.74, 6) is 0. The molecule has 0 aliphatic heterocycles. The van der Waals surface area contributed by atoms with Crippen LogP contribution in [-0.2, 0) is 12.0 Å². The van der Waals surface area contributed by atoms with Gasteiger partial charge in [0, 0.05) is 18.2 Å². The van der Waals surface area contributed by atoms with E-state index in [1.807, 2.05) is 10.9 Å². The van der Waals surface area contributed by atoms with Gasteiger partial charge in [-0.15, -0.1) is 0 Å². The summed E-state index contributed by atoms with van der Waals surface area (Å²) in [6.07, 6.45) is 2.04. The number of nitrogens with zero attached hydrogens (tertiary/aromatic N) is 3. The Kier molecular flexibility index (Phi) is 3.76. The van der Waals surface area contributed by atoms with Crippen molar-refractivity contribution in [2.75, 3.05) is 14.1 Å². The maximum Gasteiger partial charge on any atom is 0.0682 e. The van der Waals surface area contributed by atoms with Gasteiger partial charge >= 0.3 is 0 Å². The topological polar surface area (TPSA) is 21.1 Å². The molecule has 0 radical (unpaired) electrons. The van der Waals surface area contributed by atoms with Gasteiger partial charge in [0.05, 0.1) is 11.4 Å². The maximum absolute atomic E-state index is 4.68. The SMILES string of the molecule is CN(C)Cc1cccc(-n2ccc(C(C)(C)C)n2)c1. The van der Waals surface area contributed by atoms with E-state index in [0.29, 0.717) is 0 Å². The van der Waals surface area contributed by atoms with Crippen LogP contribution >= 0.6 is 0 Å². The number of hydrogen-bond acceptors (Lipinski definition) is 2. The summed E-state index contributed by atoms with van der Waals surface area (Å²) in [5.41, 5.74) is 3.63. The fourth-order valence-corrected chi connectivity index (χ4v) is 2.03. The largest absolute Gasteiger partial charge is 0.305 e. The van der Waals surface area contributed by atoms with Crippen LogP contribution in [0.3, 0.4) is 0 Å². The molecule has 1 heterocycles. The smallest absolute Gasteiger partial charge is 0.0682 e. The molecule has 0 unspecified atom stereocenters. The molecule has 0 amide bonds. The second-order valence-electron chi connectivity index (χ2n) is 6.30. The van der Waals surface area contributed by atoms with E-state index in [1.165, 1.54) is 5.56 Å². The van der Waals surface area contributed by atoms with Crippen LogP contribution in [0.5, 0.6) is 0 Å². The predicted octanol–water partition coefficient (Wildman–Crippen LogP) is 3.23. The third-order valence-corrected chi connectivity index (χ3v) is 3.03. The highest BCUT2D eigenvalue weighted by molar-refractivity contribution is 5.35. The first-order valence-electron chi connectivity index (χ1n) is 6.66. The van der Waals surface area contributed by atoms with Crippen molar-refractivity contribution >= 4 is 0 Å². The van der Waals surface area contributed by atoms with Gasteiger partial charge in [0.25, 0.3) is 0 Å². The molecule has 1 aromatic heterocycles. The fourth-order valence-electron chi connectivity index (χ4n) is 2.03. The molecule has 1 aromatic carbocycles. The zero-order valence-electron chi connectivity index (χ0n) is 12.5. The first kappa shape index (κ1) is 13.8. The standard InChI is InChI=1S/C16H23N3/c1-16(2,3)15-9-10-19(17-15)14-8-6-7-13(11-14)12-18(4)5/h6-11H,12H2,1-5H3. The summed E-state index contributed by atoms with van der Waals surface area (Å²) in [5, 5.41) is 4.68. The van der Waals surface area contributed by atoms with Gasteiger partial charge in [-0.2, -0.15) is 5.10 Å². The van der Waals surface area contributed by atoms with E-state index in [-0.39, 0.29) is 5.41 Å². The van der Waals surface area contributed by atoms with E-state index in [2.05, 4.69) is 75.2 Å². The van der Waals surface area contributed by atoms with E-state index >= 15 is 0 Å². The summed E-state index contributed by atoms with van der Waals surface area (Å²) < 4.78 is 1.96. The molecule has 2 aromatic rings. The molecule has 0 aliphatic rings. The lowest BCUT2D eigenvalue weighted by molar-refractivity contribution is 0.402. The van der Waals surface area contributed by atoms with Gasteiger partial charge in [-0.05, 0) is 37.9 Å². The quantitative estimate of drug-likeness (QED) is 0.841. The second-order valence-corrected chi connectivity index (χ2v) is 6.30. The van der Waals surface area contributed by atoms with Crippen molar-refractivity contribution in [1.29, 1.82) is 0 Å². The van der Waals surface area contributed by atoms with Crippen LogP contribution in [0.25, 0.3) is 5.69 Å². The van der Waals surface area contributed by atoms with Crippen molar-refractivity contribution in [3.8, 4) is 5.69 Å². The van der Waals surface area contributed by atoms with Crippen LogP contribution in [0.4, 0.5) is 0 Å². The molecule has 0 saturated carbocycles. The molecule has 0 N–H and O–H groups in total. The third-order valence-electron chi connectivity index (χ3n) is 3.03. The van der Waals surface area contributed by atoms with Crippen LogP contribution < -0.4 is 0 Å². The highest BCUT2D eigenvalue weighted by Gasteiger charge is 2.16. The Bertz CT molecular complexity index is 547. The third kappa shape index (κ3) is 3.44. The molecule has 0 aliphatic carbocycles. The lowest BCUT2D eigenvalue weighted by Gasteiger charge is -2.14. The molecule has 0 atom stereocenters. The number of benzene rings is 1. The van der Waals surface area contributed by atoms with Gasteiger partial charge in [0.15, 0.2) is 0 Å². The molecule has 2 rings (SSSR count). The van der Waals surface area contributed by atoms with E-state index in [9.17, 15) is 0 Å². The van der Waals surface area contributed by atoms with Crippen molar-refractivity contribution < 1.29 is 0 Å². The average Bonchev–Trinajstić information content (AvgIpc) is 2.77. The normalized spacial score (nSPS) is 12.1. The van der Waals surface area contributed by atoms with Gasteiger partial charge in [-0.25, -0.2) is 4.68 Å². The van der Waals surface area contributed by atoms with Gasteiger partial charge < -0.3 is 4.90 Å². The minimum absolute atomic E-state index is 0.0898. The first-order chi connectivity index (χ1) is 8.86. The molecular formula is C16H23N3. The van der Waals surface area contributed by atoms with Crippen LogP contribution in [0.15, 0.2) is 36.5 Å². The number of aromatic nitrogens is 2. The van der Waals surface area contributed by atoms with E-state index in [4.69, 9.17) is 0 Å². The number of rotatable bonds is 3. The van der Waals surface area contributed by atoms with E-state index in [0.717, 1.165) is 17.9 Å². The van der Waals surface area contributed by atoms with E-state index in [1.54, 1.807) is 0 Å². The Morgan fingerprint density at radius 1 is 1.16 bits per heavy atom. The van der Waals surface area contributed by atoms with Gasteiger partial charge in [-0.3, -0.25) is 0 Å². The average molecular weight is 257 g/mol. The number of hydrogen-bond donors (Lipinski definition) is 0. The summed E-state index contributed by atoms with van der Waals surface area (Å²) in [6, 6.07) is 10.6. The molecule has 0 spiro atoms. The lowest BCUT2D eigenvalue weighted by atomic mass is 9.93. The van der Waals surface area contributed by atoms with Crippen molar-refractivity contribution in [2.24, 2.45) is 0 Å². The minimum Gasteiger partial charge on any atom is -0.305 e. The molecule has 0 fully saturated rings. The molecule has 3 nitrogen and oxygen atoms in total. The van der Waals surface area contributed by atoms with Crippen molar-refractivity contribution in [3.63, 3.8) is 0 Å². The molecule has 3 heteroatoms. The van der Waals surface area contributed by atoms with Crippen molar-refractivity contribution in [3.05, 3.63) is 47.8 Å². The molecular weight excluding hydrogens is 234 g/mol. The molecule has 19 heavy (non-hydrogen) atoms. The Morgan fingerprint density at radius 3 is 2.47 bits per heavy atom. The van der Waals surface area contributed by atoms with Crippen LogP contribution in [0.1, 0.15) is 32.0 Å². The first-order valence-corrected chi connectivity index (χ1v) is 6.66. The summed E-state index contributed by atoms with van der Waals surface area (Å²) in [7, 11) is 4.16. The zero-order chi connectivity index (χ0) is 14.0. The Balaban J connectivity index is 2.29. The highest BCUT2D eigenvalue weighted by Crippen LogP contribution is 2.21. The monoisotopic (exact) mass is 257 g/mol.